The third kappa shape index (κ3) is 5.74. The number of carbonyl (C=O) groups is 1. The number of aliphatic hydroxyl groups excluding tert-OH is 2. The summed E-state index contributed by atoms with van der Waals surface area (Å²) < 4.78 is 32.5. The number of benzene rings is 4. The van der Waals surface area contributed by atoms with Crippen molar-refractivity contribution in [1.29, 1.82) is 0 Å². The highest BCUT2D eigenvalue weighted by Gasteiger charge is 2.47. The quantitative estimate of drug-likeness (QED) is 0.213. The summed E-state index contributed by atoms with van der Waals surface area (Å²) in [6, 6.07) is 27.3. The van der Waals surface area contributed by atoms with Crippen LogP contribution in [0, 0.1) is 17.6 Å². The SMILES string of the molecule is O=C(Oc1ccc(C2[C@@H](C/C=C(\CO)c3ccc(F)cc3)C(O)N2c2ccc(F)cc2)cc1)c1ccccc1. The van der Waals surface area contributed by atoms with Crippen LogP contribution in [0.15, 0.2) is 109 Å². The number of hydrogen-bond acceptors (Lipinski definition) is 5. The molecule has 39 heavy (non-hydrogen) atoms. The number of rotatable bonds is 8. The maximum atomic E-state index is 13.6. The first kappa shape index (κ1) is 26.3. The first-order valence-electron chi connectivity index (χ1n) is 12.6. The summed E-state index contributed by atoms with van der Waals surface area (Å²) in [6.07, 6.45) is 1.42. The van der Waals surface area contributed by atoms with E-state index in [0.29, 0.717) is 34.6 Å². The molecule has 5 nitrogen and oxygen atoms in total. The molecule has 0 saturated carbocycles. The fraction of sp³-hybridized carbons (Fsp3) is 0.156. The monoisotopic (exact) mass is 527 g/mol. The Labute approximate surface area is 225 Å². The van der Waals surface area contributed by atoms with Gasteiger partial charge < -0.3 is 19.8 Å². The van der Waals surface area contributed by atoms with Gasteiger partial charge in [0.15, 0.2) is 0 Å². The summed E-state index contributed by atoms with van der Waals surface area (Å²) >= 11 is 0. The Morgan fingerprint density at radius 3 is 2.05 bits per heavy atom. The average molecular weight is 528 g/mol. The number of allylic oxidation sites excluding steroid dienone is 1. The number of carbonyl (C=O) groups excluding carboxylic acids is 1. The molecular formula is C32H27F2NO4. The van der Waals surface area contributed by atoms with Crippen molar-refractivity contribution in [2.75, 3.05) is 11.5 Å². The van der Waals surface area contributed by atoms with Crippen LogP contribution >= 0.6 is 0 Å². The number of esters is 1. The van der Waals surface area contributed by atoms with Gasteiger partial charge in [0.1, 0.15) is 23.6 Å². The first-order valence-corrected chi connectivity index (χ1v) is 12.6. The van der Waals surface area contributed by atoms with E-state index in [1.165, 1.54) is 24.3 Å². The van der Waals surface area contributed by atoms with Crippen LogP contribution in [0.4, 0.5) is 14.5 Å². The van der Waals surface area contributed by atoms with E-state index in [1.54, 1.807) is 65.6 Å². The Balaban J connectivity index is 1.39. The zero-order chi connectivity index (χ0) is 27.4. The fourth-order valence-electron chi connectivity index (χ4n) is 4.91. The number of nitrogens with zero attached hydrogens (tertiary/aromatic N) is 1. The Hall–Kier alpha value is -4.33. The molecule has 3 atom stereocenters. The van der Waals surface area contributed by atoms with Gasteiger partial charge >= 0.3 is 5.97 Å². The molecule has 1 heterocycles. The van der Waals surface area contributed by atoms with Gasteiger partial charge in [0.25, 0.3) is 0 Å². The lowest BCUT2D eigenvalue weighted by Crippen LogP contribution is -2.58. The van der Waals surface area contributed by atoms with Crippen molar-refractivity contribution >= 4 is 17.2 Å². The summed E-state index contributed by atoms with van der Waals surface area (Å²) in [6.45, 7) is -0.234. The van der Waals surface area contributed by atoms with Gasteiger partial charge in [-0.25, -0.2) is 13.6 Å². The molecule has 4 aromatic rings. The average Bonchev–Trinajstić information content (AvgIpc) is 2.96. The van der Waals surface area contributed by atoms with Gasteiger partial charge in [-0.1, -0.05) is 48.5 Å². The number of hydrogen-bond donors (Lipinski definition) is 2. The second-order valence-corrected chi connectivity index (χ2v) is 9.36. The molecule has 1 saturated heterocycles. The zero-order valence-electron chi connectivity index (χ0n) is 21.0. The third-order valence-corrected chi connectivity index (χ3v) is 6.96. The van der Waals surface area contributed by atoms with Crippen molar-refractivity contribution in [3.8, 4) is 5.75 Å². The van der Waals surface area contributed by atoms with Crippen LogP contribution in [0.25, 0.3) is 5.57 Å². The summed E-state index contributed by atoms with van der Waals surface area (Å²) in [5, 5.41) is 21.1. The van der Waals surface area contributed by atoms with Gasteiger partial charge in [0.05, 0.1) is 18.2 Å². The molecule has 4 aromatic carbocycles. The second kappa shape index (κ2) is 11.6. The number of anilines is 1. The number of ether oxygens (including phenoxy) is 1. The molecule has 0 radical (unpaired) electrons. The lowest BCUT2D eigenvalue weighted by molar-refractivity contribution is 0.00705. The summed E-state index contributed by atoms with van der Waals surface area (Å²) in [5.74, 6) is -1.07. The molecule has 0 aromatic heterocycles. The van der Waals surface area contributed by atoms with E-state index >= 15 is 0 Å². The lowest BCUT2D eigenvalue weighted by atomic mass is 9.78. The normalized spacial score (nSPS) is 18.9. The van der Waals surface area contributed by atoms with Gasteiger partial charge in [-0.2, -0.15) is 0 Å². The third-order valence-electron chi connectivity index (χ3n) is 6.96. The molecule has 0 amide bonds. The Bertz CT molecular complexity index is 1440. The van der Waals surface area contributed by atoms with Gasteiger partial charge in [0.2, 0.25) is 0 Å². The van der Waals surface area contributed by atoms with Gasteiger partial charge in [-0.15, -0.1) is 0 Å². The Morgan fingerprint density at radius 2 is 1.44 bits per heavy atom. The summed E-state index contributed by atoms with van der Waals surface area (Å²) in [4.78, 5) is 14.2. The predicted molar refractivity (Wildman–Crippen MR) is 145 cm³/mol. The second-order valence-electron chi connectivity index (χ2n) is 9.36. The van der Waals surface area contributed by atoms with E-state index in [2.05, 4.69) is 0 Å². The molecule has 7 heteroatoms. The molecule has 2 unspecified atom stereocenters. The number of halogens is 2. The minimum absolute atomic E-state index is 0.234. The highest BCUT2D eigenvalue weighted by atomic mass is 19.1. The van der Waals surface area contributed by atoms with E-state index in [9.17, 15) is 23.8 Å². The van der Waals surface area contributed by atoms with Crippen LogP contribution in [0.3, 0.4) is 0 Å². The highest BCUT2D eigenvalue weighted by Crippen LogP contribution is 2.48. The van der Waals surface area contributed by atoms with Crippen molar-refractivity contribution in [2.45, 2.75) is 18.7 Å². The summed E-state index contributed by atoms with van der Waals surface area (Å²) in [7, 11) is 0. The molecule has 0 aliphatic carbocycles. The molecule has 1 aliphatic rings. The van der Waals surface area contributed by atoms with Crippen LogP contribution in [0.1, 0.15) is 33.9 Å². The molecular weight excluding hydrogens is 500 g/mol. The smallest absolute Gasteiger partial charge is 0.343 e. The van der Waals surface area contributed by atoms with Crippen LogP contribution in [-0.2, 0) is 0 Å². The van der Waals surface area contributed by atoms with E-state index < -0.39 is 12.2 Å². The van der Waals surface area contributed by atoms with Crippen molar-refractivity contribution in [1.82, 2.24) is 0 Å². The van der Waals surface area contributed by atoms with Crippen molar-refractivity contribution in [2.24, 2.45) is 5.92 Å². The number of aliphatic hydroxyl groups is 2. The fourth-order valence-corrected chi connectivity index (χ4v) is 4.91. The van der Waals surface area contributed by atoms with Crippen LogP contribution in [0.2, 0.25) is 0 Å². The molecule has 0 bridgehead atoms. The molecule has 5 rings (SSSR count). The van der Waals surface area contributed by atoms with Gasteiger partial charge in [0, 0.05) is 11.6 Å². The van der Waals surface area contributed by atoms with Gasteiger partial charge in [-0.3, -0.25) is 0 Å². The molecule has 0 spiro atoms. The Kier molecular flexibility index (Phi) is 7.81. The maximum absolute atomic E-state index is 13.6. The van der Waals surface area contributed by atoms with E-state index in [0.717, 1.165) is 5.56 Å². The Morgan fingerprint density at radius 1 is 0.821 bits per heavy atom. The zero-order valence-corrected chi connectivity index (χ0v) is 21.0. The summed E-state index contributed by atoms with van der Waals surface area (Å²) in [5.41, 5.74) is 3.30. The molecule has 1 aliphatic heterocycles. The first-order chi connectivity index (χ1) is 18.9. The van der Waals surface area contributed by atoms with Gasteiger partial charge in [-0.05, 0) is 83.8 Å². The molecule has 198 valence electrons. The molecule has 2 N–H and O–H groups in total. The van der Waals surface area contributed by atoms with Crippen molar-refractivity contribution in [3.05, 3.63) is 138 Å². The van der Waals surface area contributed by atoms with Crippen LogP contribution in [0.5, 0.6) is 5.75 Å². The van der Waals surface area contributed by atoms with Crippen molar-refractivity contribution < 1.29 is 28.5 Å². The standard InChI is InChI=1S/C32H27F2NO4/c33-25-11-6-21(7-12-25)24(20-36)10-19-29-30(35(31(29)37)27-15-13-26(34)14-16-27)22-8-17-28(18-9-22)39-32(38)23-4-2-1-3-5-23/h1-18,29-31,36-37H,19-20H2/b24-10+/t29-,30?,31?/m1/s1. The predicted octanol–water partition coefficient (Wildman–Crippen LogP) is 6.15. The van der Waals surface area contributed by atoms with Crippen LogP contribution in [-0.4, -0.2) is 29.0 Å². The largest absolute Gasteiger partial charge is 0.423 e. The minimum atomic E-state index is -0.861. The van der Waals surface area contributed by atoms with Crippen molar-refractivity contribution in [3.63, 3.8) is 0 Å². The topological polar surface area (TPSA) is 70.0 Å². The van der Waals surface area contributed by atoms with E-state index in [-0.39, 0.29) is 30.2 Å². The van der Waals surface area contributed by atoms with Crippen LogP contribution < -0.4 is 9.64 Å². The van der Waals surface area contributed by atoms with E-state index in [4.69, 9.17) is 4.74 Å². The lowest BCUT2D eigenvalue weighted by Gasteiger charge is -2.54. The minimum Gasteiger partial charge on any atom is -0.423 e. The maximum Gasteiger partial charge on any atom is 0.343 e. The van der Waals surface area contributed by atoms with E-state index in [1.807, 2.05) is 24.3 Å². The molecule has 1 fully saturated rings. The highest BCUT2D eigenvalue weighted by molar-refractivity contribution is 5.90.